The molecule has 8 nitrogen and oxygen atoms in total. The first-order valence-electron chi connectivity index (χ1n) is 16.7. The molecule has 0 atom stereocenters. The molecule has 0 aliphatic heterocycles. The van der Waals surface area contributed by atoms with Crippen LogP contribution in [-0.4, -0.2) is 48.3 Å². The van der Waals surface area contributed by atoms with Crippen molar-refractivity contribution >= 4 is 23.9 Å². The highest BCUT2D eigenvalue weighted by atomic mass is 16.6. The summed E-state index contributed by atoms with van der Waals surface area (Å²) in [5.41, 5.74) is -1.87. The fourth-order valence-electron chi connectivity index (χ4n) is 5.44. The lowest BCUT2D eigenvalue weighted by molar-refractivity contribution is -0.174. The molecule has 2 rings (SSSR count). The highest BCUT2D eigenvalue weighted by Crippen LogP contribution is 2.36. The molecule has 0 radical (unpaired) electrons. The lowest BCUT2D eigenvalue weighted by Gasteiger charge is -2.36. The molecule has 250 valence electrons. The van der Waals surface area contributed by atoms with Gasteiger partial charge in [0.1, 0.15) is 11.2 Å². The maximum absolute atomic E-state index is 12.0. The van der Waals surface area contributed by atoms with Crippen molar-refractivity contribution in [3.05, 3.63) is 0 Å². The molecule has 0 heterocycles. The van der Waals surface area contributed by atoms with Crippen molar-refractivity contribution in [1.29, 1.82) is 0 Å². The van der Waals surface area contributed by atoms with Crippen molar-refractivity contribution in [2.24, 2.45) is 22.7 Å². The summed E-state index contributed by atoms with van der Waals surface area (Å²) in [6, 6.07) is 0. The monoisotopic (exact) mass is 610 g/mol. The third-order valence-corrected chi connectivity index (χ3v) is 9.63. The number of esters is 4. The quantitative estimate of drug-likeness (QED) is 0.110. The summed E-state index contributed by atoms with van der Waals surface area (Å²) < 4.78 is 21.5. The fourth-order valence-corrected chi connectivity index (χ4v) is 5.44. The highest BCUT2D eigenvalue weighted by molar-refractivity contribution is 5.80. The second kappa shape index (κ2) is 17.4. The summed E-state index contributed by atoms with van der Waals surface area (Å²) in [7, 11) is 0. The molecule has 0 unspecified atom stereocenters. The maximum Gasteiger partial charge on any atom is 0.344 e. The van der Waals surface area contributed by atoms with Crippen LogP contribution in [0.3, 0.4) is 0 Å². The van der Waals surface area contributed by atoms with Crippen LogP contribution in [0.15, 0.2) is 0 Å². The second-order valence-electron chi connectivity index (χ2n) is 14.8. The van der Waals surface area contributed by atoms with E-state index in [0.29, 0.717) is 31.1 Å². The molecular formula is C35H62O8. The molecule has 2 aliphatic rings. The van der Waals surface area contributed by atoms with E-state index < -0.39 is 28.0 Å². The molecule has 0 N–H and O–H groups in total. The molecule has 43 heavy (non-hydrogen) atoms. The van der Waals surface area contributed by atoms with E-state index in [1.807, 2.05) is 69.2 Å². The van der Waals surface area contributed by atoms with Gasteiger partial charge in [-0.3, -0.25) is 14.4 Å². The number of ether oxygens (including phenoxy) is 4. The Kier molecular flexibility index (Phi) is 15.7. The Morgan fingerprint density at radius 3 is 1.42 bits per heavy atom. The number of rotatable bonds is 14. The Hall–Kier alpha value is -2.12. The summed E-state index contributed by atoms with van der Waals surface area (Å²) in [5, 5.41) is 0. The minimum absolute atomic E-state index is 0.189. The van der Waals surface area contributed by atoms with Crippen LogP contribution in [0.1, 0.15) is 153 Å². The van der Waals surface area contributed by atoms with E-state index in [-0.39, 0.29) is 31.1 Å². The predicted molar refractivity (Wildman–Crippen MR) is 168 cm³/mol. The Labute approximate surface area is 261 Å². The zero-order chi connectivity index (χ0) is 32.9. The van der Waals surface area contributed by atoms with Crippen LogP contribution in [0.25, 0.3) is 0 Å². The summed E-state index contributed by atoms with van der Waals surface area (Å²) >= 11 is 0. The number of hydrogen-bond donors (Lipinski definition) is 0. The lowest BCUT2D eigenvalue weighted by Crippen LogP contribution is -2.37. The van der Waals surface area contributed by atoms with Crippen molar-refractivity contribution in [3.63, 3.8) is 0 Å². The molecule has 0 aromatic heterocycles. The summed E-state index contributed by atoms with van der Waals surface area (Å²) in [6.07, 6.45) is 12.9. The first kappa shape index (κ1) is 38.9. The van der Waals surface area contributed by atoms with Crippen molar-refractivity contribution in [3.8, 4) is 0 Å². The highest BCUT2D eigenvalue weighted by Gasteiger charge is 2.36. The van der Waals surface area contributed by atoms with Gasteiger partial charge < -0.3 is 18.9 Å². The fraction of sp³-hybridized carbons (Fsp3) is 0.886. The normalized spacial score (nSPS) is 17.0. The van der Waals surface area contributed by atoms with E-state index in [1.54, 1.807) is 0 Å². The van der Waals surface area contributed by atoms with Gasteiger partial charge >= 0.3 is 23.9 Å². The van der Waals surface area contributed by atoms with Gasteiger partial charge in [0.2, 0.25) is 0 Å². The van der Waals surface area contributed by atoms with Gasteiger partial charge in [-0.25, -0.2) is 4.79 Å². The van der Waals surface area contributed by atoms with Crippen molar-refractivity contribution in [1.82, 2.24) is 0 Å². The van der Waals surface area contributed by atoms with Gasteiger partial charge in [-0.05, 0) is 112 Å². The smallest absolute Gasteiger partial charge is 0.344 e. The first-order chi connectivity index (χ1) is 19.9. The Balaban J connectivity index is 0.000000434. The van der Waals surface area contributed by atoms with Gasteiger partial charge in [-0.2, -0.15) is 0 Å². The number of carbonyl (C=O) groups is 4. The molecule has 0 aromatic carbocycles. The van der Waals surface area contributed by atoms with E-state index in [1.165, 1.54) is 32.1 Å². The average Bonchev–Trinajstić information content (AvgIpc) is 3.50. The van der Waals surface area contributed by atoms with Gasteiger partial charge in [-0.15, -0.1) is 0 Å². The van der Waals surface area contributed by atoms with Crippen LogP contribution in [-0.2, 0) is 38.1 Å². The standard InChI is InChI=1S/C19H34O4.C16H28O4/c1-6-18(2,3)17(21)22-14-10-13-16(20)23-19(4,5)15-11-8-7-9-12-15;1-6-15(2,3)14(18)19-11-13(17)20-16(4,5)12-9-7-8-10-12/h15H,6-14H2,1-5H3;12H,6-11H2,1-5H3. The maximum atomic E-state index is 12.0. The van der Waals surface area contributed by atoms with Crippen LogP contribution < -0.4 is 0 Å². The van der Waals surface area contributed by atoms with Crippen molar-refractivity contribution < 1.29 is 38.1 Å². The zero-order valence-electron chi connectivity index (χ0n) is 29.0. The molecule has 0 amide bonds. The molecule has 2 saturated carbocycles. The molecule has 2 fully saturated rings. The van der Waals surface area contributed by atoms with E-state index in [2.05, 4.69) is 0 Å². The van der Waals surface area contributed by atoms with E-state index >= 15 is 0 Å². The molecule has 0 spiro atoms. The van der Waals surface area contributed by atoms with Crippen molar-refractivity contribution in [2.75, 3.05) is 13.2 Å². The van der Waals surface area contributed by atoms with Gasteiger partial charge in [0.05, 0.1) is 17.4 Å². The first-order valence-corrected chi connectivity index (χ1v) is 16.7. The van der Waals surface area contributed by atoms with Gasteiger partial charge in [0.15, 0.2) is 6.61 Å². The second-order valence-corrected chi connectivity index (χ2v) is 14.8. The Morgan fingerprint density at radius 2 is 0.977 bits per heavy atom. The zero-order valence-corrected chi connectivity index (χ0v) is 29.0. The largest absolute Gasteiger partial charge is 0.465 e. The van der Waals surface area contributed by atoms with Crippen LogP contribution in [0.2, 0.25) is 0 Å². The van der Waals surface area contributed by atoms with Crippen LogP contribution in [0.5, 0.6) is 0 Å². The average molecular weight is 611 g/mol. The molecule has 8 heteroatoms. The molecule has 0 bridgehead atoms. The molecular weight excluding hydrogens is 548 g/mol. The van der Waals surface area contributed by atoms with Crippen LogP contribution >= 0.6 is 0 Å². The van der Waals surface area contributed by atoms with Gasteiger partial charge in [0, 0.05) is 6.42 Å². The summed E-state index contributed by atoms with van der Waals surface area (Å²) in [4.78, 5) is 47.5. The molecule has 2 aliphatic carbocycles. The third-order valence-electron chi connectivity index (χ3n) is 9.63. The predicted octanol–water partition coefficient (Wildman–Crippen LogP) is 8.13. The van der Waals surface area contributed by atoms with Gasteiger partial charge in [0.25, 0.3) is 0 Å². The number of hydrogen-bond acceptors (Lipinski definition) is 8. The van der Waals surface area contributed by atoms with Crippen molar-refractivity contribution in [2.45, 2.75) is 164 Å². The molecule has 0 aromatic rings. The SMILES string of the molecule is CCC(C)(C)C(=O)OCC(=O)OC(C)(C)C1CCCC1.CCC(C)(C)C(=O)OCCCC(=O)OC(C)(C)C1CCCCC1. The lowest BCUT2D eigenvalue weighted by atomic mass is 9.79. The van der Waals surface area contributed by atoms with E-state index in [9.17, 15) is 19.2 Å². The van der Waals surface area contributed by atoms with Gasteiger partial charge in [-0.1, -0.05) is 46.0 Å². The van der Waals surface area contributed by atoms with Crippen LogP contribution in [0, 0.1) is 22.7 Å². The Morgan fingerprint density at radius 1 is 0.581 bits per heavy atom. The molecule has 0 saturated heterocycles. The van der Waals surface area contributed by atoms with E-state index in [4.69, 9.17) is 18.9 Å². The van der Waals surface area contributed by atoms with E-state index in [0.717, 1.165) is 32.1 Å². The summed E-state index contributed by atoms with van der Waals surface area (Å²) in [6.45, 7) is 19.2. The van der Waals surface area contributed by atoms with Crippen LogP contribution in [0.4, 0.5) is 0 Å². The Bertz CT molecular complexity index is 890. The number of carbonyl (C=O) groups excluding carboxylic acids is 4. The summed E-state index contributed by atoms with van der Waals surface area (Å²) in [5.74, 6) is -0.322. The third kappa shape index (κ3) is 13.6. The minimum atomic E-state index is -0.554. The topological polar surface area (TPSA) is 105 Å². The minimum Gasteiger partial charge on any atom is -0.465 e.